The van der Waals surface area contributed by atoms with Gasteiger partial charge in [0.15, 0.2) is 0 Å². The minimum absolute atomic E-state index is 0.317. The summed E-state index contributed by atoms with van der Waals surface area (Å²) >= 11 is 0. The SMILES string of the molecule is CC12CC=CC=C1C(B(O)O)=CC=N2. The van der Waals surface area contributed by atoms with Gasteiger partial charge in [-0.2, -0.15) is 0 Å². The number of hydrogen-bond donors (Lipinski definition) is 2. The van der Waals surface area contributed by atoms with Gasteiger partial charge in [-0.15, -0.1) is 0 Å². The van der Waals surface area contributed by atoms with E-state index < -0.39 is 7.12 Å². The van der Waals surface area contributed by atoms with Gasteiger partial charge in [0.05, 0.1) is 5.54 Å². The summed E-state index contributed by atoms with van der Waals surface area (Å²) in [5.41, 5.74) is 1.13. The third kappa shape index (κ3) is 1.36. The number of aliphatic imine (C=N–C) groups is 1. The summed E-state index contributed by atoms with van der Waals surface area (Å²) in [6, 6.07) is 0. The molecule has 14 heavy (non-hydrogen) atoms. The van der Waals surface area contributed by atoms with Crippen molar-refractivity contribution in [2.24, 2.45) is 4.99 Å². The molecule has 0 aromatic carbocycles. The minimum Gasteiger partial charge on any atom is -0.423 e. The number of hydrogen-bond acceptors (Lipinski definition) is 3. The molecule has 2 rings (SSSR count). The number of nitrogens with zero attached hydrogens (tertiary/aromatic N) is 1. The zero-order valence-corrected chi connectivity index (χ0v) is 8.01. The summed E-state index contributed by atoms with van der Waals surface area (Å²) in [4.78, 5) is 4.37. The molecule has 1 atom stereocenters. The molecule has 1 unspecified atom stereocenters. The summed E-state index contributed by atoms with van der Waals surface area (Å²) < 4.78 is 0. The fourth-order valence-electron chi connectivity index (χ4n) is 1.88. The standard InChI is InChI=1S/C10H12BNO2/c1-10-6-3-2-4-8(10)9(11(13)14)5-7-12-10/h2-5,7,13-14H,6H2,1H3. The lowest BCUT2D eigenvalue weighted by molar-refractivity contribution is 0.416. The van der Waals surface area contributed by atoms with E-state index in [4.69, 9.17) is 0 Å². The largest absolute Gasteiger partial charge is 0.488 e. The highest BCUT2D eigenvalue weighted by Gasteiger charge is 2.35. The van der Waals surface area contributed by atoms with E-state index in [1.54, 1.807) is 12.3 Å². The predicted molar refractivity (Wildman–Crippen MR) is 57.0 cm³/mol. The molecule has 3 nitrogen and oxygen atoms in total. The average molecular weight is 189 g/mol. The van der Waals surface area contributed by atoms with E-state index in [2.05, 4.69) is 4.99 Å². The van der Waals surface area contributed by atoms with E-state index in [-0.39, 0.29) is 5.54 Å². The van der Waals surface area contributed by atoms with Crippen molar-refractivity contribution >= 4 is 13.3 Å². The second-order valence-electron chi connectivity index (χ2n) is 3.76. The van der Waals surface area contributed by atoms with Gasteiger partial charge in [-0.25, -0.2) is 0 Å². The smallest absolute Gasteiger partial charge is 0.423 e. The number of dihydropyridines is 1. The van der Waals surface area contributed by atoms with Gasteiger partial charge in [-0.3, -0.25) is 4.99 Å². The maximum absolute atomic E-state index is 9.19. The summed E-state index contributed by atoms with van der Waals surface area (Å²) in [5, 5.41) is 18.4. The van der Waals surface area contributed by atoms with Crippen LogP contribution in [-0.4, -0.2) is 28.9 Å². The summed E-state index contributed by atoms with van der Waals surface area (Å²) in [6.07, 6.45) is 9.95. The van der Waals surface area contributed by atoms with Crippen LogP contribution >= 0.6 is 0 Å². The van der Waals surface area contributed by atoms with Crippen molar-refractivity contribution in [2.45, 2.75) is 18.9 Å². The Kier molecular flexibility index (Phi) is 2.17. The van der Waals surface area contributed by atoms with E-state index in [0.717, 1.165) is 12.0 Å². The number of rotatable bonds is 1. The molecule has 0 radical (unpaired) electrons. The summed E-state index contributed by atoms with van der Waals surface area (Å²) in [5.74, 6) is 0. The Hall–Kier alpha value is -1.13. The van der Waals surface area contributed by atoms with Crippen LogP contribution in [0.1, 0.15) is 13.3 Å². The van der Waals surface area contributed by atoms with Crippen LogP contribution < -0.4 is 0 Å². The molecule has 0 bridgehead atoms. The van der Waals surface area contributed by atoms with Gasteiger partial charge in [0, 0.05) is 6.21 Å². The van der Waals surface area contributed by atoms with Gasteiger partial charge in [0.1, 0.15) is 0 Å². The molecule has 72 valence electrons. The molecule has 4 heteroatoms. The van der Waals surface area contributed by atoms with Crippen LogP contribution in [0, 0.1) is 0 Å². The van der Waals surface area contributed by atoms with Crippen molar-refractivity contribution in [3.63, 3.8) is 0 Å². The van der Waals surface area contributed by atoms with Crippen molar-refractivity contribution in [1.82, 2.24) is 0 Å². The van der Waals surface area contributed by atoms with Crippen molar-refractivity contribution in [3.05, 3.63) is 35.3 Å². The molecule has 0 saturated heterocycles. The van der Waals surface area contributed by atoms with E-state index in [1.165, 1.54) is 0 Å². The van der Waals surface area contributed by atoms with Crippen molar-refractivity contribution in [1.29, 1.82) is 0 Å². The Balaban J connectivity index is 2.46. The van der Waals surface area contributed by atoms with Crippen LogP contribution in [0.3, 0.4) is 0 Å². The summed E-state index contributed by atoms with van der Waals surface area (Å²) in [6.45, 7) is 1.99. The normalized spacial score (nSPS) is 29.4. The Morgan fingerprint density at radius 3 is 2.93 bits per heavy atom. The topological polar surface area (TPSA) is 52.8 Å². The molecule has 0 saturated carbocycles. The maximum Gasteiger partial charge on any atom is 0.488 e. The number of allylic oxidation sites excluding steroid dienone is 3. The van der Waals surface area contributed by atoms with Crippen molar-refractivity contribution in [3.8, 4) is 0 Å². The highest BCUT2D eigenvalue weighted by atomic mass is 16.4. The molecular weight excluding hydrogens is 177 g/mol. The lowest BCUT2D eigenvalue weighted by Gasteiger charge is -2.33. The van der Waals surface area contributed by atoms with Gasteiger partial charge in [-0.1, -0.05) is 18.2 Å². The maximum atomic E-state index is 9.19. The Morgan fingerprint density at radius 1 is 1.43 bits per heavy atom. The molecule has 0 fully saturated rings. The van der Waals surface area contributed by atoms with Gasteiger partial charge >= 0.3 is 7.12 Å². The van der Waals surface area contributed by atoms with Crippen LogP contribution in [0.5, 0.6) is 0 Å². The van der Waals surface area contributed by atoms with Gasteiger partial charge < -0.3 is 10.0 Å². The van der Waals surface area contributed by atoms with Crippen LogP contribution in [0.15, 0.2) is 40.3 Å². The molecule has 1 aliphatic carbocycles. The molecule has 2 N–H and O–H groups in total. The molecule has 1 aliphatic heterocycles. The minimum atomic E-state index is -1.42. The van der Waals surface area contributed by atoms with Gasteiger partial charge in [-0.05, 0) is 30.5 Å². The van der Waals surface area contributed by atoms with Crippen molar-refractivity contribution < 1.29 is 10.0 Å². The second kappa shape index (κ2) is 3.22. The Morgan fingerprint density at radius 2 is 2.21 bits per heavy atom. The highest BCUT2D eigenvalue weighted by Crippen LogP contribution is 2.36. The molecule has 2 aliphatic rings. The average Bonchev–Trinajstić information content (AvgIpc) is 2.15. The fourth-order valence-corrected chi connectivity index (χ4v) is 1.88. The van der Waals surface area contributed by atoms with Crippen LogP contribution in [0.2, 0.25) is 0 Å². The molecule has 0 aromatic rings. The van der Waals surface area contributed by atoms with E-state index in [0.29, 0.717) is 5.47 Å². The fraction of sp³-hybridized carbons (Fsp3) is 0.300. The third-order valence-electron chi connectivity index (χ3n) is 2.70. The second-order valence-corrected chi connectivity index (χ2v) is 3.76. The molecule has 0 amide bonds. The van der Waals surface area contributed by atoms with E-state index >= 15 is 0 Å². The van der Waals surface area contributed by atoms with Crippen LogP contribution in [-0.2, 0) is 0 Å². The first-order valence-electron chi connectivity index (χ1n) is 4.63. The molecule has 0 aromatic heterocycles. The van der Waals surface area contributed by atoms with Gasteiger partial charge in [0.2, 0.25) is 0 Å². The van der Waals surface area contributed by atoms with E-state index in [9.17, 15) is 10.0 Å². The van der Waals surface area contributed by atoms with Crippen LogP contribution in [0.25, 0.3) is 0 Å². The van der Waals surface area contributed by atoms with Crippen molar-refractivity contribution in [2.75, 3.05) is 0 Å². The summed E-state index contributed by atoms with van der Waals surface area (Å²) in [7, 11) is -1.42. The first kappa shape index (κ1) is 9.43. The zero-order chi connectivity index (χ0) is 10.2. The molecular formula is C10H12BNO2. The quantitative estimate of drug-likeness (QED) is 0.595. The number of fused-ring (bicyclic) bond motifs is 1. The molecule has 1 heterocycles. The first-order chi connectivity index (χ1) is 6.63. The molecule has 0 spiro atoms. The van der Waals surface area contributed by atoms with Crippen LogP contribution in [0.4, 0.5) is 0 Å². The zero-order valence-electron chi connectivity index (χ0n) is 8.01. The highest BCUT2D eigenvalue weighted by molar-refractivity contribution is 6.53. The lowest BCUT2D eigenvalue weighted by atomic mass is 9.66. The van der Waals surface area contributed by atoms with E-state index in [1.807, 2.05) is 25.2 Å². The first-order valence-corrected chi connectivity index (χ1v) is 4.63. The lowest BCUT2D eigenvalue weighted by Crippen LogP contribution is -2.34. The monoisotopic (exact) mass is 189 g/mol. The van der Waals surface area contributed by atoms with Gasteiger partial charge in [0.25, 0.3) is 0 Å². The predicted octanol–water partition coefficient (Wildman–Crippen LogP) is 0.654. The third-order valence-corrected chi connectivity index (χ3v) is 2.70. The Labute approximate surface area is 83.3 Å². The Bertz CT molecular complexity index is 368.